The molecule has 10 nitrogen and oxygen atoms in total. The normalized spacial score (nSPS) is 15.0. The Morgan fingerprint density at radius 3 is 0.600 bits per heavy atom. The van der Waals surface area contributed by atoms with E-state index < -0.39 is 36.6 Å². The van der Waals surface area contributed by atoms with Gasteiger partial charge in [-0.2, -0.15) is 0 Å². The lowest BCUT2D eigenvalue weighted by molar-refractivity contribution is 0.0256. The topological polar surface area (TPSA) is 134 Å². The van der Waals surface area contributed by atoms with Gasteiger partial charge >= 0.3 is 0 Å². The Morgan fingerprint density at radius 1 is 0.200 bits per heavy atom. The van der Waals surface area contributed by atoms with Crippen molar-refractivity contribution in [3.63, 3.8) is 0 Å². The molecule has 8 atom stereocenters. The van der Waals surface area contributed by atoms with Crippen molar-refractivity contribution in [3.05, 3.63) is 0 Å². The van der Waals surface area contributed by atoms with E-state index in [9.17, 15) is 30.6 Å². The van der Waals surface area contributed by atoms with Crippen LogP contribution in [0.5, 0.6) is 0 Å². The zero-order chi connectivity index (χ0) is 66.2. The highest BCUT2D eigenvalue weighted by Crippen LogP contribution is 2.22. The van der Waals surface area contributed by atoms with Gasteiger partial charge in [0.25, 0.3) is 0 Å². The van der Waals surface area contributed by atoms with Crippen LogP contribution in [-0.2, 0) is 0 Å². The maximum Gasteiger partial charge on any atom is 0.0692 e. The Balaban J connectivity index is 6.64. The molecule has 90 heavy (non-hydrogen) atoms. The van der Waals surface area contributed by atoms with Gasteiger partial charge in [-0.15, -0.1) is 0 Å². The number of unbranched alkanes of at least 4 members (excludes halogenated alkanes) is 41. The number of hydrogen-bond acceptors (Lipinski definition) is 10. The molecule has 542 valence electrons. The summed E-state index contributed by atoms with van der Waals surface area (Å²) in [6.45, 7) is 25.6. The third-order valence-electron chi connectivity index (χ3n) is 20.4. The van der Waals surface area contributed by atoms with Crippen LogP contribution in [0.3, 0.4) is 0 Å². The summed E-state index contributed by atoms with van der Waals surface area (Å²) in [6, 6.07) is 0. The van der Waals surface area contributed by atoms with Crippen molar-refractivity contribution in [1.29, 1.82) is 0 Å². The molecule has 8 unspecified atom stereocenters. The van der Waals surface area contributed by atoms with Crippen LogP contribution in [0.15, 0.2) is 0 Å². The van der Waals surface area contributed by atoms with Crippen molar-refractivity contribution in [1.82, 2.24) is 19.6 Å². The second-order valence-corrected chi connectivity index (χ2v) is 29.7. The van der Waals surface area contributed by atoms with Crippen molar-refractivity contribution in [2.75, 3.05) is 78.5 Å². The SMILES string of the molecule is CCCCCCCCCCCCC(O)CN(CCN(CCN(CC(O)CCCCCCCCCCCC)CC(O)C(C)CCCCCCCCCC)CCN(CC(O)CCCCCCCCCCCC)CC(O)C(C)CCCCCCCCCC)CC(O)CC. The van der Waals surface area contributed by atoms with E-state index in [1.807, 2.05) is 6.92 Å². The van der Waals surface area contributed by atoms with Crippen LogP contribution in [0, 0.1) is 11.8 Å². The van der Waals surface area contributed by atoms with Crippen LogP contribution in [0.4, 0.5) is 0 Å². The summed E-state index contributed by atoms with van der Waals surface area (Å²) in [5.74, 6) is 0.357. The number of aliphatic hydroxyl groups excluding tert-OH is 6. The Bertz CT molecular complexity index is 1310. The van der Waals surface area contributed by atoms with Crippen LogP contribution in [0.1, 0.15) is 389 Å². The molecular formula is C80H166N4O6. The fourth-order valence-electron chi connectivity index (χ4n) is 13.6. The smallest absolute Gasteiger partial charge is 0.0692 e. The van der Waals surface area contributed by atoms with Crippen molar-refractivity contribution in [2.24, 2.45) is 11.8 Å². The summed E-state index contributed by atoms with van der Waals surface area (Å²) in [5.41, 5.74) is 0. The highest BCUT2D eigenvalue weighted by Gasteiger charge is 2.25. The number of rotatable bonds is 75. The molecule has 0 aliphatic rings. The van der Waals surface area contributed by atoms with Crippen molar-refractivity contribution in [2.45, 2.75) is 426 Å². The molecule has 10 heteroatoms. The number of hydrogen-bond donors (Lipinski definition) is 6. The van der Waals surface area contributed by atoms with E-state index in [0.29, 0.717) is 52.2 Å². The van der Waals surface area contributed by atoms with Gasteiger partial charge in [0.2, 0.25) is 0 Å². The summed E-state index contributed by atoms with van der Waals surface area (Å²) in [7, 11) is 0. The zero-order valence-corrected chi connectivity index (χ0v) is 62.3. The third-order valence-corrected chi connectivity index (χ3v) is 20.4. The van der Waals surface area contributed by atoms with Crippen LogP contribution in [0.25, 0.3) is 0 Å². The molecule has 0 radical (unpaired) electrons. The van der Waals surface area contributed by atoms with Crippen LogP contribution < -0.4 is 0 Å². The summed E-state index contributed by atoms with van der Waals surface area (Å²) < 4.78 is 0. The zero-order valence-electron chi connectivity index (χ0n) is 62.3. The molecule has 0 aromatic heterocycles. The lowest BCUT2D eigenvalue weighted by Crippen LogP contribution is -2.49. The summed E-state index contributed by atoms with van der Waals surface area (Å²) in [5, 5.41) is 70.2. The third kappa shape index (κ3) is 60.0. The highest BCUT2D eigenvalue weighted by atomic mass is 16.3. The first-order valence-corrected chi connectivity index (χ1v) is 40.8. The summed E-state index contributed by atoms with van der Waals surface area (Å²) in [4.78, 5) is 9.57. The summed E-state index contributed by atoms with van der Waals surface area (Å²) in [6.07, 6.45) is 61.0. The van der Waals surface area contributed by atoms with Gasteiger partial charge in [0.15, 0.2) is 0 Å². The second-order valence-electron chi connectivity index (χ2n) is 29.7. The Morgan fingerprint density at radius 2 is 0.378 bits per heavy atom. The predicted molar refractivity (Wildman–Crippen MR) is 394 cm³/mol. The molecule has 0 aliphatic carbocycles. The van der Waals surface area contributed by atoms with E-state index in [1.165, 1.54) is 244 Å². The average Bonchev–Trinajstić information content (AvgIpc) is 3.58. The fourth-order valence-corrected chi connectivity index (χ4v) is 13.6. The molecule has 6 N–H and O–H groups in total. The Hall–Kier alpha value is -0.400. The Kier molecular flexibility index (Phi) is 68.2. The molecule has 0 amide bonds. The van der Waals surface area contributed by atoms with E-state index in [2.05, 4.69) is 68.1 Å². The van der Waals surface area contributed by atoms with Gasteiger partial charge in [-0.3, -0.25) is 19.6 Å². The van der Waals surface area contributed by atoms with Crippen LogP contribution in [-0.4, -0.2) is 165 Å². The molecule has 0 saturated heterocycles. The fraction of sp³-hybridized carbons (Fsp3) is 1.00. The largest absolute Gasteiger partial charge is 0.392 e. The lowest BCUT2D eigenvalue weighted by Gasteiger charge is -2.35. The van der Waals surface area contributed by atoms with E-state index in [4.69, 9.17) is 0 Å². The van der Waals surface area contributed by atoms with Gasteiger partial charge in [0.05, 0.1) is 36.6 Å². The molecule has 0 rings (SSSR count). The maximum atomic E-state index is 12.0. The van der Waals surface area contributed by atoms with Gasteiger partial charge in [0, 0.05) is 78.5 Å². The molecule has 0 saturated carbocycles. The van der Waals surface area contributed by atoms with E-state index >= 15 is 0 Å². The van der Waals surface area contributed by atoms with Crippen molar-refractivity contribution >= 4 is 0 Å². The monoisotopic (exact) mass is 1280 g/mol. The van der Waals surface area contributed by atoms with E-state index in [1.54, 1.807) is 0 Å². The van der Waals surface area contributed by atoms with Gasteiger partial charge in [-0.05, 0) is 50.4 Å². The van der Waals surface area contributed by atoms with Crippen molar-refractivity contribution < 1.29 is 30.6 Å². The van der Waals surface area contributed by atoms with E-state index in [-0.39, 0.29) is 11.8 Å². The molecular weight excluding hydrogens is 1110 g/mol. The standard InChI is InChI=1S/C80H166N4O6/c1-9-15-20-25-30-35-38-43-48-53-58-76(86)68-82(67-75(85)14-6)64-61-81(62-65-83(69-77(87)59-54-49-44-39-36-31-26-21-16-10-2)71-79(89)73(7)56-51-46-41-33-28-23-18-12-4)63-66-84(70-78(88)60-55-50-45-40-37-32-27-22-17-11-3)72-80(90)74(8)57-52-47-42-34-29-24-19-13-5/h73-80,85-90H,9-72H2,1-8H3. The highest BCUT2D eigenvalue weighted by molar-refractivity contribution is 4.79. The molecule has 0 aromatic carbocycles. The van der Waals surface area contributed by atoms with Gasteiger partial charge < -0.3 is 30.6 Å². The number of aliphatic hydroxyl groups is 6. The minimum atomic E-state index is -0.475. The molecule has 0 heterocycles. The van der Waals surface area contributed by atoms with Gasteiger partial charge in [-0.1, -0.05) is 351 Å². The predicted octanol–water partition coefficient (Wildman–Crippen LogP) is 20.0. The first kappa shape index (κ1) is 89.6. The molecule has 0 bridgehead atoms. The Labute approximate surface area is 563 Å². The van der Waals surface area contributed by atoms with Gasteiger partial charge in [-0.25, -0.2) is 0 Å². The maximum absolute atomic E-state index is 12.0. The summed E-state index contributed by atoms with van der Waals surface area (Å²) >= 11 is 0. The first-order valence-electron chi connectivity index (χ1n) is 40.8. The number of nitrogens with zero attached hydrogens (tertiary/aromatic N) is 4. The van der Waals surface area contributed by atoms with E-state index in [0.717, 1.165) is 116 Å². The van der Waals surface area contributed by atoms with Crippen molar-refractivity contribution in [3.8, 4) is 0 Å². The van der Waals surface area contributed by atoms with Crippen LogP contribution >= 0.6 is 0 Å². The molecule has 0 aliphatic heterocycles. The van der Waals surface area contributed by atoms with Crippen LogP contribution in [0.2, 0.25) is 0 Å². The minimum Gasteiger partial charge on any atom is -0.392 e. The first-order chi connectivity index (χ1) is 43.8. The average molecular weight is 1280 g/mol. The lowest BCUT2D eigenvalue weighted by atomic mass is 9.96. The second kappa shape index (κ2) is 68.5. The quantitative estimate of drug-likeness (QED) is 0.0327. The molecule has 0 fully saturated rings. The van der Waals surface area contributed by atoms with Gasteiger partial charge in [0.1, 0.15) is 0 Å². The molecule has 0 spiro atoms. The minimum absolute atomic E-state index is 0.179. The molecule has 0 aromatic rings.